The van der Waals surface area contributed by atoms with Crippen LogP contribution in [0.3, 0.4) is 0 Å². The summed E-state index contributed by atoms with van der Waals surface area (Å²) in [5.74, 6) is -0.312. The van der Waals surface area contributed by atoms with Crippen molar-refractivity contribution in [1.29, 1.82) is 0 Å². The first-order valence-corrected chi connectivity index (χ1v) is 4.27. The van der Waals surface area contributed by atoms with E-state index in [1.165, 1.54) is 11.8 Å². The van der Waals surface area contributed by atoms with E-state index in [0.717, 1.165) is 0 Å². The predicted octanol–water partition coefficient (Wildman–Crippen LogP) is -0.723. The maximum absolute atomic E-state index is 10.8. The number of carbonyl (C=O) groups is 1. The van der Waals surface area contributed by atoms with Gasteiger partial charge in [-0.2, -0.15) is 0 Å². The molecule has 1 rings (SSSR count). The molecule has 0 saturated heterocycles. The van der Waals surface area contributed by atoms with Crippen LogP contribution in [0, 0.1) is 0 Å². The molecule has 0 spiro atoms. The number of hydrogen-bond donors (Lipinski definition) is 2. The van der Waals surface area contributed by atoms with Crippen LogP contribution in [0.5, 0.6) is 0 Å². The zero-order valence-corrected chi connectivity index (χ0v) is 6.88. The quantitative estimate of drug-likeness (QED) is 0.590. The maximum atomic E-state index is 10.8. The van der Waals surface area contributed by atoms with Crippen LogP contribution in [-0.2, 0) is 4.79 Å². The number of thioether (sulfide) groups is 1. The van der Waals surface area contributed by atoms with E-state index in [4.69, 9.17) is 11.5 Å². The van der Waals surface area contributed by atoms with Gasteiger partial charge in [0, 0.05) is 19.3 Å². The highest BCUT2D eigenvalue weighted by Gasteiger charge is 2.23. The number of hydrogen-bond acceptors (Lipinski definition) is 4. The Labute approximate surface area is 69.6 Å². The summed E-state index contributed by atoms with van der Waals surface area (Å²) in [7, 11) is 0. The maximum Gasteiger partial charge on any atom is 0.250 e. The number of carbonyl (C=O) groups excluding carboxylic acids is 1. The Bertz CT molecular complexity index is 183. The highest BCUT2D eigenvalue weighted by molar-refractivity contribution is 8.03. The largest absolute Gasteiger partial charge is 0.367 e. The van der Waals surface area contributed by atoms with E-state index >= 15 is 0 Å². The van der Waals surface area contributed by atoms with Gasteiger partial charge >= 0.3 is 0 Å². The molecule has 1 heterocycles. The molecule has 5 heteroatoms. The molecule has 0 radical (unpaired) electrons. The molecule has 0 aliphatic carbocycles. The SMILES string of the molecule is NCCN1C=CSC1C(N)=O. The Morgan fingerprint density at radius 3 is 3.00 bits per heavy atom. The highest BCUT2D eigenvalue weighted by atomic mass is 32.2. The van der Waals surface area contributed by atoms with E-state index < -0.39 is 0 Å². The normalized spacial score (nSPS) is 22.6. The van der Waals surface area contributed by atoms with E-state index in [0.29, 0.717) is 13.1 Å². The molecule has 0 bridgehead atoms. The number of nitrogens with zero attached hydrogens (tertiary/aromatic N) is 1. The molecule has 1 atom stereocenters. The summed E-state index contributed by atoms with van der Waals surface area (Å²) in [4.78, 5) is 12.6. The predicted molar refractivity (Wildman–Crippen MR) is 45.5 cm³/mol. The van der Waals surface area contributed by atoms with Crippen LogP contribution in [0.4, 0.5) is 0 Å². The first-order valence-electron chi connectivity index (χ1n) is 3.33. The van der Waals surface area contributed by atoms with Crippen LogP contribution in [0.1, 0.15) is 0 Å². The second kappa shape index (κ2) is 3.64. The standard InChI is InChI=1S/C6H11N3OS/c7-1-2-9-3-4-11-6(9)5(8)10/h3-4,6H,1-2,7H2,(H2,8,10). The summed E-state index contributed by atoms with van der Waals surface area (Å²) in [5, 5.41) is 1.60. The van der Waals surface area contributed by atoms with Crippen LogP contribution in [-0.4, -0.2) is 29.3 Å². The van der Waals surface area contributed by atoms with Crippen molar-refractivity contribution in [1.82, 2.24) is 4.90 Å². The van der Waals surface area contributed by atoms with Crippen molar-refractivity contribution in [3.8, 4) is 0 Å². The molecule has 11 heavy (non-hydrogen) atoms. The monoisotopic (exact) mass is 173 g/mol. The van der Waals surface area contributed by atoms with E-state index in [1.807, 2.05) is 16.5 Å². The summed E-state index contributed by atoms with van der Waals surface area (Å²) >= 11 is 1.41. The Morgan fingerprint density at radius 1 is 1.73 bits per heavy atom. The van der Waals surface area contributed by atoms with Gasteiger partial charge in [-0.15, -0.1) is 0 Å². The first kappa shape index (κ1) is 8.42. The van der Waals surface area contributed by atoms with Gasteiger partial charge in [-0.05, 0) is 5.41 Å². The Kier molecular flexibility index (Phi) is 2.78. The minimum absolute atomic E-state index is 0.251. The smallest absolute Gasteiger partial charge is 0.250 e. The van der Waals surface area contributed by atoms with Crippen molar-refractivity contribution >= 4 is 17.7 Å². The summed E-state index contributed by atoms with van der Waals surface area (Å²) in [6.45, 7) is 1.21. The van der Waals surface area contributed by atoms with Gasteiger partial charge in [-0.1, -0.05) is 11.8 Å². The van der Waals surface area contributed by atoms with E-state index in [1.54, 1.807) is 0 Å². The molecule has 62 valence electrons. The molecule has 0 fully saturated rings. The fraction of sp³-hybridized carbons (Fsp3) is 0.500. The molecule has 4 N–H and O–H groups in total. The van der Waals surface area contributed by atoms with Gasteiger partial charge in [0.1, 0.15) is 0 Å². The minimum Gasteiger partial charge on any atom is -0.367 e. The topological polar surface area (TPSA) is 72.3 Å². The molecular weight excluding hydrogens is 162 g/mol. The minimum atomic E-state index is -0.312. The van der Waals surface area contributed by atoms with E-state index in [-0.39, 0.29) is 11.3 Å². The lowest BCUT2D eigenvalue weighted by Crippen LogP contribution is -2.39. The Morgan fingerprint density at radius 2 is 2.45 bits per heavy atom. The third-order valence-corrected chi connectivity index (χ3v) is 2.43. The van der Waals surface area contributed by atoms with Gasteiger partial charge in [0.05, 0.1) is 0 Å². The lowest BCUT2D eigenvalue weighted by Gasteiger charge is -2.20. The van der Waals surface area contributed by atoms with Crippen molar-refractivity contribution in [3.05, 3.63) is 11.6 Å². The average Bonchev–Trinajstić information content (AvgIpc) is 2.36. The van der Waals surface area contributed by atoms with Crippen molar-refractivity contribution < 1.29 is 4.79 Å². The molecule has 0 aromatic heterocycles. The number of nitrogens with two attached hydrogens (primary N) is 2. The summed E-state index contributed by atoms with van der Waals surface area (Å²) in [6.07, 6.45) is 1.84. The highest BCUT2D eigenvalue weighted by Crippen LogP contribution is 2.23. The molecule has 0 aromatic carbocycles. The van der Waals surface area contributed by atoms with Crippen LogP contribution in [0.25, 0.3) is 0 Å². The van der Waals surface area contributed by atoms with Gasteiger partial charge in [0.15, 0.2) is 5.37 Å². The molecule has 1 aliphatic rings. The molecule has 0 saturated carbocycles. The second-order valence-corrected chi connectivity index (χ2v) is 3.19. The Hall–Kier alpha value is -0.680. The average molecular weight is 173 g/mol. The van der Waals surface area contributed by atoms with Gasteiger partial charge in [0.2, 0.25) is 0 Å². The van der Waals surface area contributed by atoms with Crippen LogP contribution >= 0.6 is 11.8 Å². The van der Waals surface area contributed by atoms with Gasteiger partial charge in [-0.25, -0.2) is 0 Å². The molecule has 0 aromatic rings. The third kappa shape index (κ3) is 1.87. The summed E-state index contributed by atoms with van der Waals surface area (Å²) in [6, 6.07) is 0. The molecule has 1 aliphatic heterocycles. The van der Waals surface area contributed by atoms with Crippen molar-refractivity contribution in [2.24, 2.45) is 11.5 Å². The Balaban J connectivity index is 2.49. The van der Waals surface area contributed by atoms with Gasteiger partial charge < -0.3 is 16.4 Å². The fourth-order valence-electron chi connectivity index (χ4n) is 0.915. The third-order valence-electron chi connectivity index (χ3n) is 1.39. The van der Waals surface area contributed by atoms with E-state index in [2.05, 4.69) is 0 Å². The molecule has 1 unspecified atom stereocenters. The number of rotatable bonds is 3. The fourth-order valence-corrected chi connectivity index (χ4v) is 1.76. The van der Waals surface area contributed by atoms with Crippen molar-refractivity contribution in [2.75, 3.05) is 13.1 Å². The van der Waals surface area contributed by atoms with Crippen LogP contribution in [0.2, 0.25) is 0 Å². The molecule has 4 nitrogen and oxygen atoms in total. The zero-order chi connectivity index (χ0) is 8.27. The number of amides is 1. The van der Waals surface area contributed by atoms with Crippen molar-refractivity contribution in [2.45, 2.75) is 5.37 Å². The lowest BCUT2D eigenvalue weighted by atomic mass is 10.5. The van der Waals surface area contributed by atoms with Crippen LogP contribution < -0.4 is 11.5 Å². The molecule has 1 amide bonds. The molecular formula is C6H11N3OS. The summed E-state index contributed by atoms with van der Waals surface area (Å²) in [5.41, 5.74) is 10.5. The zero-order valence-electron chi connectivity index (χ0n) is 6.06. The van der Waals surface area contributed by atoms with Gasteiger partial charge in [0.25, 0.3) is 5.91 Å². The lowest BCUT2D eigenvalue weighted by molar-refractivity contribution is -0.119. The van der Waals surface area contributed by atoms with Gasteiger partial charge in [-0.3, -0.25) is 4.79 Å². The second-order valence-electron chi connectivity index (χ2n) is 2.20. The van der Waals surface area contributed by atoms with Crippen molar-refractivity contribution in [3.63, 3.8) is 0 Å². The van der Waals surface area contributed by atoms with Crippen LogP contribution in [0.15, 0.2) is 11.6 Å². The first-order chi connectivity index (χ1) is 5.25. The van der Waals surface area contributed by atoms with E-state index in [9.17, 15) is 4.79 Å². The number of primary amides is 1. The summed E-state index contributed by atoms with van der Waals surface area (Å²) < 4.78 is 0.